The first-order chi connectivity index (χ1) is 10.7. The molecule has 116 valence electrons. The summed E-state index contributed by atoms with van der Waals surface area (Å²) in [6.45, 7) is 3.39. The standard InChI is InChI=1S/C15H18N4O2S/c1-2-19-9-5-7-11(14(19)20)16-15(21)17-13-10-6-3-4-8-12(10)22-18-13/h3-4,6,8,11H,2,5,7,9H2,1H3,(H2,16,17,18,21). The van der Waals surface area contributed by atoms with E-state index in [1.807, 2.05) is 31.2 Å². The van der Waals surface area contributed by atoms with Crippen LogP contribution in [-0.4, -0.2) is 40.3 Å². The molecule has 2 heterocycles. The zero-order valence-electron chi connectivity index (χ0n) is 12.3. The Morgan fingerprint density at radius 2 is 2.27 bits per heavy atom. The Hall–Kier alpha value is -2.15. The SMILES string of the molecule is CCN1CCCC(NC(=O)Nc2nsc3ccccc23)C1=O. The van der Waals surface area contributed by atoms with Crippen molar-refractivity contribution >= 4 is 39.4 Å². The molecule has 0 spiro atoms. The molecule has 1 aromatic heterocycles. The van der Waals surface area contributed by atoms with Crippen LogP contribution in [0.3, 0.4) is 0 Å². The highest BCUT2D eigenvalue weighted by molar-refractivity contribution is 7.13. The van der Waals surface area contributed by atoms with E-state index in [4.69, 9.17) is 0 Å². The van der Waals surface area contributed by atoms with E-state index in [9.17, 15) is 9.59 Å². The molecule has 0 radical (unpaired) electrons. The first-order valence-corrected chi connectivity index (χ1v) is 8.17. The number of nitrogens with zero attached hydrogens (tertiary/aromatic N) is 2. The summed E-state index contributed by atoms with van der Waals surface area (Å²) < 4.78 is 5.27. The molecule has 22 heavy (non-hydrogen) atoms. The van der Waals surface area contributed by atoms with Crippen molar-refractivity contribution in [3.05, 3.63) is 24.3 Å². The zero-order valence-corrected chi connectivity index (χ0v) is 13.2. The van der Waals surface area contributed by atoms with Crippen LogP contribution >= 0.6 is 11.5 Å². The molecule has 1 saturated heterocycles. The van der Waals surface area contributed by atoms with E-state index in [0.29, 0.717) is 18.8 Å². The Morgan fingerprint density at radius 1 is 1.45 bits per heavy atom. The van der Waals surface area contributed by atoms with Crippen LogP contribution in [0.1, 0.15) is 19.8 Å². The molecule has 1 aliphatic heterocycles. The second kappa shape index (κ2) is 6.31. The lowest BCUT2D eigenvalue weighted by Crippen LogP contribution is -2.53. The summed E-state index contributed by atoms with van der Waals surface area (Å²) in [5.41, 5.74) is 0. The number of anilines is 1. The van der Waals surface area contributed by atoms with Crippen molar-refractivity contribution in [3.63, 3.8) is 0 Å². The van der Waals surface area contributed by atoms with Gasteiger partial charge in [0.15, 0.2) is 5.82 Å². The number of likely N-dealkylation sites (N-methyl/N-ethyl adjacent to an activating group) is 1. The zero-order chi connectivity index (χ0) is 15.5. The predicted octanol–water partition coefficient (Wildman–Crippen LogP) is 2.43. The number of amides is 3. The summed E-state index contributed by atoms with van der Waals surface area (Å²) in [6, 6.07) is 6.89. The summed E-state index contributed by atoms with van der Waals surface area (Å²) in [6.07, 6.45) is 1.59. The average Bonchev–Trinajstić information content (AvgIpc) is 2.93. The lowest BCUT2D eigenvalue weighted by atomic mass is 10.1. The molecule has 2 aromatic rings. The fraction of sp³-hybridized carbons (Fsp3) is 0.400. The molecule has 1 aliphatic rings. The fourth-order valence-corrected chi connectivity index (χ4v) is 3.40. The molecule has 1 fully saturated rings. The first-order valence-electron chi connectivity index (χ1n) is 7.39. The van der Waals surface area contributed by atoms with Crippen LogP contribution in [0.5, 0.6) is 0 Å². The van der Waals surface area contributed by atoms with Gasteiger partial charge < -0.3 is 10.2 Å². The third-order valence-corrected chi connectivity index (χ3v) is 4.65. The molecule has 0 saturated carbocycles. The minimum Gasteiger partial charge on any atom is -0.341 e. The third kappa shape index (κ3) is 2.89. The van der Waals surface area contributed by atoms with Crippen molar-refractivity contribution in [2.45, 2.75) is 25.8 Å². The lowest BCUT2D eigenvalue weighted by molar-refractivity contribution is -0.135. The number of piperidine rings is 1. The van der Waals surface area contributed by atoms with Gasteiger partial charge in [-0.25, -0.2) is 4.79 Å². The molecule has 1 atom stereocenters. The second-order valence-corrected chi connectivity index (χ2v) is 6.04. The van der Waals surface area contributed by atoms with E-state index in [0.717, 1.165) is 23.1 Å². The molecule has 0 aliphatic carbocycles. The van der Waals surface area contributed by atoms with Crippen molar-refractivity contribution in [2.24, 2.45) is 0 Å². The molecular weight excluding hydrogens is 300 g/mol. The van der Waals surface area contributed by atoms with Gasteiger partial charge in [0, 0.05) is 18.5 Å². The van der Waals surface area contributed by atoms with Gasteiger partial charge in [-0.05, 0) is 43.4 Å². The Bertz CT molecular complexity index is 700. The van der Waals surface area contributed by atoms with E-state index in [1.54, 1.807) is 4.90 Å². The Balaban J connectivity index is 1.66. The van der Waals surface area contributed by atoms with Crippen molar-refractivity contribution in [1.29, 1.82) is 0 Å². The van der Waals surface area contributed by atoms with Gasteiger partial charge in [-0.2, -0.15) is 4.37 Å². The van der Waals surface area contributed by atoms with E-state index in [2.05, 4.69) is 15.0 Å². The maximum Gasteiger partial charge on any atom is 0.321 e. The number of hydrogen-bond acceptors (Lipinski definition) is 4. The van der Waals surface area contributed by atoms with Crippen LogP contribution in [0.4, 0.5) is 10.6 Å². The third-order valence-electron chi connectivity index (χ3n) is 3.83. The van der Waals surface area contributed by atoms with Crippen LogP contribution < -0.4 is 10.6 Å². The molecule has 1 unspecified atom stereocenters. The molecule has 2 N–H and O–H groups in total. The van der Waals surface area contributed by atoms with Crippen LogP contribution in [0.25, 0.3) is 10.1 Å². The Morgan fingerprint density at radius 3 is 3.09 bits per heavy atom. The summed E-state index contributed by atoms with van der Waals surface area (Å²) in [7, 11) is 0. The normalized spacial score (nSPS) is 18.5. The van der Waals surface area contributed by atoms with Gasteiger partial charge in [-0.1, -0.05) is 12.1 Å². The van der Waals surface area contributed by atoms with Gasteiger partial charge in [-0.3, -0.25) is 10.1 Å². The number of benzene rings is 1. The quantitative estimate of drug-likeness (QED) is 0.913. The number of fused-ring (bicyclic) bond motifs is 1. The van der Waals surface area contributed by atoms with E-state index in [1.165, 1.54) is 11.5 Å². The maximum atomic E-state index is 12.2. The fourth-order valence-electron chi connectivity index (χ4n) is 2.67. The average molecular weight is 318 g/mol. The van der Waals surface area contributed by atoms with Gasteiger partial charge in [-0.15, -0.1) is 0 Å². The van der Waals surface area contributed by atoms with Gasteiger partial charge in [0.2, 0.25) is 5.91 Å². The second-order valence-electron chi connectivity index (χ2n) is 5.24. The topological polar surface area (TPSA) is 74.3 Å². The lowest BCUT2D eigenvalue weighted by Gasteiger charge is -2.31. The molecular formula is C15H18N4O2S. The van der Waals surface area contributed by atoms with E-state index >= 15 is 0 Å². The minimum atomic E-state index is -0.446. The van der Waals surface area contributed by atoms with Crippen molar-refractivity contribution in [2.75, 3.05) is 18.4 Å². The van der Waals surface area contributed by atoms with E-state index in [-0.39, 0.29) is 11.9 Å². The molecule has 1 aromatic carbocycles. The van der Waals surface area contributed by atoms with Crippen LogP contribution in [-0.2, 0) is 4.79 Å². The Kier molecular flexibility index (Phi) is 4.24. The van der Waals surface area contributed by atoms with Crippen molar-refractivity contribution in [1.82, 2.24) is 14.6 Å². The number of rotatable bonds is 3. The smallest absolute Gasteiger partial charge is 0.321 e. The number of hydrogen-bond donors (Lipinski definition) is 2. The highest BCUT2D eigenvalue weighted by Crippen LogP contribution is 2.26. The van der Waals surface area contributed by atoms with Crippen molar-refractivity contribution < 1.29 is 9.59 Å². The first kappa shape index (κ1) is 14.8. The minimum absolute atomic E-state index is 0.00737. The van der Waals surface area contributed by atoms with Crippen LogP contribution in [0.15, 0.2) is 24.3 Å². The van der Waals surface area contributed by atoms with Gasteiger partial charge in [0.25, 0.3) is 0 Å². The van der Waals surface area contributed by atoms with Gasteiger partial charge in [0.1, 0.15) is 6.04 Å². The van der Waals surface area contributed by atoms with Crippen LogP contribution in [0.2, 0.25) is 0 Å². The summed E-state index contributed by atoms with van der Waals surface area (Å²) in [5, 5.41) is 6.41. The number of carbonyl (C=O) groups excluding carboxylic acids is 2. The highest BCUT2D eigenvalue weighted by atomic mass is 32.1. The summed E-state index contributed by atoms with van der Waals surface area (Å²) in [4.78, 5) is 26.1. The number of likely N-dealkylation sites (tertiary alicyclic amines) is 1. The molecule has 3 amide bonds. The van der Waals surface area contributed by atoms with Crippen molar-refractivity contribution in [3.8, 4) is 0 Å². The summed E-state index contributed by atoms with van der Waals surface area (Å²) in [5.74, 6) is 0.528. The Labute approximate surface area is 132 Å². The maximum absolute atomic E-state index is 12.2. The van der Waals surface area contributed by atoms with E-state index < -0.39 is 6.04 Å². The molecule has 0 bridgehead atoms. The predicted molar refractivity (Wildman–Crippen MR) is 87.1 cm³/mol. The largest absolute Gasteiger partial charge is 0.341 e. The van der Waals surface area contributed by atoms with Gasteiger partial charge >= 0.3 is 6.03 Å². The highest BCUT2D eigenvalue weighted by Gasteiger charge is 2.29. The number of urea groups is 1. The molecule has 6 nitrogen and oxygen atoms in total. The number of aromatic nitrogens is 1. The molecule has 3 rings (SSSR count). The van der Waals surface area contributed by atoms with Gasteiger partial charge in [0.05, 0.1) is 4.70 Å². The van der Waals surface area contributed by atoms with Crippen LogP contribution in [0, 0.1) is 0 Å². The number of carbonyl (C=O) groups is 2. The monoisotopic (exact) mass is 318 g/mol. The number of nitrogens with one attached hydrogen (secondary N) is 2. The molecule has 7 heteroatoms. The summed E-state index contributed by atoms with van der Waals surface area (Å²) >= 11 is 1.34.